The number of carbonyl (C=O) groups excluding carboxylic acids is 1. The largest absolute Gasteiger partial charge is 0.324 e. The molecular formula is C17H18N2O3S. The van der Waals surface area contributed by atoms with Crippen LogP contribution in [0.1, 0.15) is 11.1 Å². The van der Waals surface area contributed by atoms with Gasteiger partial charge in [-0.1, -0.05) is 48.5 Å². The summed E-state index contributed by atoms with van der Waals surface area (Å²) in [6.07, 6.45) is 1.49. The molecule has 1 unspecified atom stereocenters. The molecule has 5 nitrogen and oxygen atoms in total. The van der Waals surface area contributed by atoms with Gasteiger partial charge in [-0.3, -0.25) is 4.79 Å². The van der Waals surface area contributed by atoms with Crippen LogP contribution in [0.2, 0.25) is 0 Å². The molecule has 0 saturated heterocycles. The van der Waals surface area contributed by atoms with E-state index in [1.165, 1.54) is 4.31 Å². The number of amides is 1. The van der Waals surface area contributed by atoms with E-state index in [-0.39, 0.29) is 12.5 Å². The van der Waals surface area contributed by atoms with Crippen LogP contribution in [0.15, 0.2) is 54.6 Å². The Hall–Kier alpha value is -2.18. The smallest absolute Gasteiger partial charge is 0.243 e. The first-order valence-electron chi connectivity index (χ1n) is 7.34. The minimum atomic E-state index is -3.52. The number of benzene rings is 2. The van der Waals surface area contributed by atoms with E-state index in [4.69, 9.17) is 0 Å². The maximum atomic E-state index is 12.6. The fraction of sp³-hybridized carbons (Fsp3) is 0.235. The van der Waals surface area contributed by atoms with Crippen LogP contribution in [0.4, 0.5) is 5.69 Å². The molecule has 1 aliphatic rings. The molecule has 0 aromatic heterocycles. The molecule has 1 atom stereocenters. The number of rotatable bonds is 3. The van der Waals surface area contributed by atoms with Gasteiger partial charge in [-0.05, 0) is 23.6 Å². The number of anilines is 1. The van der Waals surface area contributed by atoms with E-state index in [9.17, 15) is 13.2 Å². The first kappa shape index (κ1) is 15.7. The molecule has 1 aliphatic heterocycles. The number of carbonyl (C=O) groups is 1. The Bertz CT molecular complexity index is 819. The van der Waals surface area contributed by atoms with Crippen LogP contribution in [0.25, 0.3) is 0 Å². The van der Waals surface area contributed by atoms with Gasteiger partial charge in [0.2, 0.25) is 15.9 Å². The molecule has 2 aromatic rings. The third-order valence-corrected chi connectivity index (χ3v) is 5.19. The van der Waals surface area contributed by atoms with Crippen LogP contribution in [0, 0.1) is 0 Å². The maximum Gasteiger partial charge on any atom is 0.243 e. The van der Waals surface area contributed by atoms with E-state index in [1.807, 2.05) is 48.5 Å². The monoisotopic (exact) mass is 330 g/mol. The van der Waals surface area contributed by atoms with Crippen molar-refractivity contribution >= 4 is 21.6 Å². The fourth-order valence-electron chi connectivity index (χ4n) is 2.79. The maximum absolute atomic E-state index is 12.6. The van der Waals surface area contributed by atoms with Crippen molar-refractivity contribution in [3.63, 3.8) is 0 Å². The van der Waals surface area contributed by atoms with Crippen molar-refractivity contribution in [2.24, 2.45) is 0 Å². The Kier molecular flexibility index (Phi) is 4.19. The second kappa shape index (κ2) is 6.14. The molecule has 1 N–H and O–H groups in total. The van der Waals surface area contributed by atoms with Crippen LogP contribution in [0.5, 0.6) is 0 Å². The van der Waals surface area contributed by atoms with Crippen LogP contribution in [-0.4, -0.2) is 30.9 Å². The van der Waals surface area contributed by atoms with Crippen molar-refractivity contribution in [2.75, 3.05) is 11.6 Å². The third kappa shape index (κ3) is 3.43. The molecule has 0 fully saturated rings. The fourth-order valence-corrected chi connectivity index (χ4v) is 3.79. The Balaban J connectivity index is 2.01. The highest BCUT2D eigenvalue weighted by Gasteiger charge is 2.35. The lowest BCUT2D eigenvalue weighted by molar-refractivity contribution is -0.119. The standard InChI is InChI=1S/C17H18N2O3S/c1-23(21,22)19-12-14-9-5-6-10-15(14)18-17(20)16(19)11-13-7-3-2-4-8-13/h2-10,16H,11-12H2,1H3,(H,18,20). The SMILES string of the molecule is CS(=O)(=O)N1Cc2ccccc2NC(=O)C1Cc1ccccc1. The number of hydrogen-bond acceptors (Lipinski definition) is 3. The molecule has 0 aliphatic carbocycles. The number of sulfonamides is 1. The van der Waals surface area contributed by atoms with Gasteiger partial charge in [0.1, 0.15) is 6.04 Å². The molecule has 120 valence electrons. The molecule has 6 heteroatoms. The summed E-state index contributed by atoms with van der Waals surface area (Å²) in [5.41, 5.74) is 2.39. The number of fused-ring (bicyclic) bond motifs is 1. The number of nitrogens with zero attached hydrogens (tertiary/aromatic N) is 1. The molecule has 1 amide bonds. The minimum absolute atomic E-state index is 0.186. The normalized spacial score (nSPS) is 18.8. The molecular weight excluding hydrogens is 312 g/mol. The van der Waals surface area contributed by atoms with Gasteiger partial charge in [-0.2, -0.15) is 4.31 Å². The summed E-state index contributed by atoms with van der Waals surface area (Å²) in [5, 5.41) is 2.85. The molecule has 23 heavy (non-hydrogen) atoms. The van der Waals surface area contributed by atoms with E-state index in [0.717, 1.165) is 17.4 Å². The predicted molar refractivity (Wildman–Crippen MR) is 89.4 cm³/mol. The van der Waals surface area contributed by atoms with E-state index in [2.05, 4.69) is 5.32 Å². The second-order valence-corrected chi connectivity index (χ2v) is 7.60. The molecule has 0 radical (unpaired) electrons. The summed E-state index contributed by atoms with van der Waals surface area (Å²) >= 11 is 0. The van der Waals surface area contributed by atoms with E-state index < -0.39 is 16.1 Å². The van der Waals surface area contributed by atoms with Gasteiger partial charge in [-0.15, -0.1) is 0 Å². The van der Waals surface area contributed by atoms with Gasteiger partial charge in [0.15, 0.2) is 0 Å². The molecule has 0 spiro atoms. The third-order valence-electron chi connectivity index (χ3n) is 3.95. The van der Waals surface area contributed by atoms with E-state index in [0.29, 0.717) is 12.1 Å². The Morgan fingerprint density at radius 1 is 1.09 bits per heavy atom. The second-order valence-electron chi connectivity index (χ2n) is 5.66. The van der Waals surface area contributed by atoms with Crippen molar-refractivity contribution in [1.29, 1.82) is 0 Å². The van der Waals surface area contributed by atoms with Gasteiger partial charge in [0.25, 0.3) is 0 Å². The highest BCUT2D eigenvalue weighted by molar-refractivity contribution is 7.88. The minimum Gasteiger partial charge on any atom is -0.324 e. The first-order chi connectivity index (χ1) is 10.9. The van der Waals surface area contributed by atoms with Crippen molar-refractivity contribution in [1.82, 2.24) is 4.31 Å². The quantitative estimate of drug-likeness (QED) is 0.936. The molecule has 0 bridgehead atoms. The zero-order valence-corrected chi connectivity index (χ0v) is 13.6. The topological polar surface area (TPSA) is 66.5 Å². The lowest BCUT2D eigenvalue weighted by Gasteiger charge is -2.26. The van der Waals surface area contributed by atoms with Crippen LogP contribution < -0.4 is 5.32 Å². The summed E-state index contributed by atoms with van der Waals surface area (Å²) in [4.78, 5) is 12.6. The summed E-state index contributed by atoms with van der Waals surface area (Å²) in [6.45, 7) is 0.186. The van der Waals surface area contributed by atoms with Crippen molar-refractivity contribution < 1.29 is 13.2 Å². The number of hydrogen-bond donors (Lipinski definition) is 1. The lowest BCUT2D eigenvalue weighted by Crippen LogP contribution is -2.46. The summed E-state index contributed by atoms with van der Waals surface area (Å²) in [7, 11) is -3.52. The zero-order valence-electron chi connectivity index (χ0n) is 12.8. The molecule has 2 aromatic carbocycles. The Morgan fingerprint density at radius 3 is 2.43 bits per heavy atom. The summed E-state index contributed by atoms with van der Waals surface area (Å²) in [6, 6.07) is 16.0. The average molecular weight is 330 g/mol. The lowest BCUT2D eigenvalue weighted by atomic mass is 10.1. The van der Waals surface area contributed by atoms with E-state index in [1.54, 1.807) is 6.07 Å². The van der Waals surface area contributed by atoms with Crippen LogP contribution >= 0.6 is 0 Å². The van der Waals surface area contributed by atoms with Crippen molar-refractivity contribution in [3.8, 4) is 0 Å². The predicted octanol–water partition coefficient (Wildman–Crippen LogP) is 2.01. The highest BCUT2D eigenvalue weighted by atomic mass is 32.2. The van der Waals surface area contributed by atoms with Crippen molar-refractivity contribution in [2.45, 2.75) is 19.0 Å². The molecule has 1 heterocycles. The zero-order chi connectivity index (χ0) is 16.4. The summed E-state index contributed by atoms with van der Waals surface area (Å²) < 4.78 is 25.8. The number of para-hydroxylation sites is 1. The Labute approximate surface area is 136 Å². The van der Waals surface area contributed by atoms with Gasteiger partial charge in [-0.25, -0.2) is 8.42 Å². The van der Waals surface area contributed by atoms with Gasteiger partial charge >= 0.3 is 0 Å². The van der Waals surface area contributed by atoms with Gasteiger partial charge in [0.05, 0.1) is 6.26 Å². The van der Waals surface area contributed by atoms with Crippen LogP contribution in [0.3, 0.4) is 0 Å². The number of nitrogens with one attached hydrogen (secondary N) is 1. The Morgan fingerprint density at radius 2 is 1.74 bits per heavy atom. The average Bonchev–Trinajstić information content (AvgIpc) is 2.65. The van der Waals surface area contributed by atoms with Gasteiger partial charge in [0, 0.05) is 12.2 Å². The van der Waals surface area contributed by atoms with Gasteiger partial charge < -0.3 is 5.32 Å². The highest BCUT2D eigenvalue weighted by Crippen LogP contribution is 2.26. The summed E-state index contributed by atoms with van der Waals surface area (Å²) in [5.74, 6) is -0.302. The first-order valence-corrected chi connectivity index (χ1v) is 9.19. The van der Waals surface area contributed by atoms with Crippen LogP contribution in [-0.2, 0) is 27.8 Å². The van der Waals surface area contributed by atoms with Crippen molar-refractivity contribution in [3.05, 3.63) is 65.7 Å². The molecule has 0 saturated carbocycles. The van der Waals surface area contributed by atoms with E-state index >= 15 is 0 Å². The molecule has 3 rings (SSSR count).